The van der Waals surface area contributed by atoms with Gasteiger partial charge in [-0.25, -0.2) is 0 Å². The Labute approximate surface area is 144 Å². The Morgan fingerprint density at radius 1 is 1.25 bits per heavy atom. The Balaban J connectivity index is 1.86. The van der Waals surface area contributed by atoms with Crippen molar-refractivity contribution in [2.45, 2.75) is 6.54 Å². The summed E-state index contributed by atoms with van der Waals surface area (Å²) in [7, 11) is 3.15. The Kier molecular flexibility index (Phi) is 4.52. The Hall–Kier alpha value is -2.80. The molecule has 7 heteroatoms. The number of nitrogens with one attached hydrogen (secondary N) is 1. The van der Waals surface area contributed by atoms with Crippen LogP contribution in [-0.4, -0.2) is 30.1 Å². The first-order valence-corrected chi connectivity index (χ1v) is 7.61. The van der Waals surface area contributed by atoms with Gasteiger partial charge in [0, 0.05) is 6.07 Å². The van der Waals surface area contributed by atoms with Crippen LogP contribution < -0.4 is 14.8 Å². The zero-order valence-electron chi connectivity index (χ0n) is 13.2. The van der Waals surface area contributed by atoms with Crippen LogP contribution in [0.4, 0.5) is 0 Å². The normalized spacial score (nSPS) is 15.8. The van der Waals surface area contributed by atoms with E-state index in [9.17, 15) is 4.79 Å². The molecular weight excluding hydrogens is 328 g/mol. The average Bonchev–Trinajstić information content (AvgIpc) is 3.19. The van der Waals surface area contributed by atoms with E-state index in [4.69, 9.17) is 26.1 Å². The molecule has 0 unspecified atom stereocenters. The maximum absolute atomic E-state index is 12.6. The lowest BCUT2D eigenvalue weighted by Crippen LogP contribution is -2.29. The highest BCUT2D eigenvalue weighted by Gasteiger charge is 2.31. The quantitative estimate of drug-likeness (QED) is 0.664. The number of hydrogen-bond donors (Lipinski definition) is 1. The SMILES string of the molecule is COc1cc(/C=C2\NC(=S)N(Cc3ccco3)C2=O)cc(OC)c1. The summed E-state index contributed by atoms with van der Waals surface area (Å²) in [4.78, 5) is 14.0. The smallest absolute Gasteiger partial charge is 0.276 e. The summed E-state index contributed by atoms with van der Waals surface area (Å²) in [6, 6.07) is 8.95. The molecule has 0 saturated carbocycles. The standard InChI is InChI=1S/C17H16N2O4S/c1-21-13-6-11(7-14(9-13)22-2)8-15-16(20)19(17(24)18-15)10-12-4-3-5-23-12/h3-9H,10H2,1-2H3,(H,18,24)/b15-8-. The maximum atomic E-state index is 12.6. The summed E-state index contributed by atoms with van der Waals surface area (Å²) in [5.41, 5.74) is 1.16. The molecule has 24 heavy (non-hydrogen) atoms. The fraction of sp³-hybridized carbons (Fsp3) is 0.176. The molecule has 0 bridgehead atoms. The molecule has 2 heterocycles. The van der Waals surface area contributed by atoms with Crippen molar-refractivity contribution in [1.82, 2.24) is 10.2 Å². The van der Waals surface area contributed by atoms with Crippen LogP contribution in [0.5, 0.6) is 11.5 Å². The summed E-state index contributed by atoms with van der Waals surface area (Å²) >= 11 is 5.24. The Morgan fingerprint density at radius 2 is 1.96 bits per heavy atom. The van der Waals surface area contributed by atoms with Crippen molar-refractivity contribution < 1.29 is 18.7 Å². The van der Waals surface area contributed by atoms with Gasteiger partial charge >= 0.3 is 0 Å². The van der Waals surface area contributed by atoms with Gasteiger partial charge in [-0.15, -0.1) is 0 Å². The van der Waals surface area contributed by atoms with E-state index in [0.29, 0.717) is 28.1 Å². The minimum atomic E-state index is -0.210. The predicted octanol–water partition coefficient (Wildman–Crippen LogP) is 2.55. The molecule has 124 valence electrons. The molecule has 0 atom stereocenters. The fourth-order valence-corrected chi connectivity index (χ4v) is 2.61. The first-order valence-electron chi connectivity index (χ1n) is 7.20. The van der Waals surface area contributed by atoms with E-state index in [0.717, 1.165) is 5.56 Å². The largest absolute Gasteiger partial charge is 0.497 e. The van der Waals surface area contributed by atoms with Crippen molar-refractivity contribution in [2.24, 2.45) is 0 Å². The van der Waals surface area contributed by atoms with E-state index in [2.05, 4.69) is 5.32 Å². The lowest BCUT2D eigenvalue weighted by Gasteiger charge is -2.11. The van der Waals surface area contributed by atoms with Gasteiger partial charge in [0.2, 0.25) is 0 Å². The monoisotopic (exact) mass is 344 g/mol. The molecule has 1 aromatic heterocycles. The summed E-state index contributed by atoms with van der Waals surface area (Å²) in [5.74, 6) is 1.73. The highest BCUT2D eigenvalue weighted by atomic mass is 32.1. The fourth-order valence-electron chi connectivity index (χ4n) is 2.35. The molecule has 1 aliphatic heterocycles. The molecule has 6 nitrogen and oxygen atoms in total. The van der Waals surface area contributed by atoms with Crippen LogP contribution in [0.1, 0.15) is 11.3 Å². The van der Waals surface area contributed by atoms with Crippen molar-refractivity contribution in [1.29, 1.82) is 0 Å². The highest BCUT2D eigenvalue weighted by molar-refractivity contribution is 7.80. The van der Waals surface area contributed by atoms with Crippen LogP contribution >= 0.6 is 12.2 Å². The van der Waals surface area contributed by atoms with Crippen LogP contribution in [-0.2, 0) is 11.3 Å². The molecule has 1 N–H and O–H groups in total. The van der Waals surface area contributed by atoms with Crippen LogP contribution in [0.2, 0.25) is 0 Å². The second kappa shape index (κ2) is 6.76. The van der Waals surface area contributed by atoms with Gasteiger partial charge in [-0.3, -0.25) is 9.69 Å². The number of carbonyl (C=O) groups excluding carboxylic acids is 1. The first-order chi connectivity index (χ1) is 11.6. The third-order valence-corrected chi connectivity index (χ3v) is 3.86. The van der Waals surface area contributed by atoms with Gasteiger partial charge in [-0.1, -0.05) is 0 Å². The second-order valence-corrected chi connectivity index (χ2v) is 5.49. The molecule has 1 fully saturated rings. The van der Waals surface area contributed by atoms with E-state index in [-0.39, 0.29) is 12.5 Å². The van der Waals surface area contributed by atoms with Crippen LogP contribution in [0.3, 0.4) is 0 Å². The van der Waals surface area contributed by atoms with Crippen LogP contribution in [0.25, 0.3) is 6.08 Å². The van der Waals surface area contributed by atoms with E-state index >= 15 is 0 Å². The molecule has 0 radical (unpaired) electrons. The molecule has 0 aliphatic carbocycles. The molecule has 1 aromatic carbocycles. The highest BCUT2D eigenvalue weighted by Crippen LogP contribution is 2.25. The number of nitrogens with zero attached hydrogens (tertiary/aromatic N) is 1. The average molecular weight is 344 g/mol. The summed E-state index contributed by atoms with van der Waals surface area (Å²) in [6.07, 6.45) is 3.27. The van der Waals surface area contributed by atoms with Crippen molar-refractivity contribution in [3.63, 3.8) is 0 Å². The number of rotatable bonds is 5. The number of benzene rings is 1. The minimum absolute atomic E-state index is 0.210. The number of amides is 1. The van der Waals surface area contributed by atoms with E-state index in [1.807, 2.05) is 12.1 Å². The van der Waals surface area contributed by atoms with Crippen molar-refractivity contribution in [3.8, 4) is 11.5 Å². The Bertz CT molecular complexity index is 777. The number of ether oxygens (including phenoxy) is 2. The van der Waals surface area contributed by atoms with Gasteiger partial charge in [-0.05, 0) is 48.1 Å². The predicted molar refractivity (Wildman–Crippen MR) is 92.5 cm³/mol. The lowest BCUT2D eigenvalue weighted by atomic mass is 10.1. The first kappa shape index (κ1) is 16.1. The molecule has 3 rings (SSSR count). The third kappa shape index (κ3) is 3.26. The number of thiocarbonyl (C=S) groups is 1. The molecule has 0 spiro atoms. The van der Waals surface area contributed by atoms with Crippen molar-refractivity contribution >= 4 is 29.3 Å². The van der Waals surface area contributed by atoms with Crippen LogP contribution in [0, 0.1) is 0 Å². The summed E-state index contributed by atoms with van der Waals surface area (Å²) < 4.78 is 15.7. The zero-order chi connectivity index (χ0) is 17.1. The number of hydrogen-bond acceptors (Lipinski definition) is 5. The number of methoxy groups -OCH3 is 2. The maximum Gasteiger partial charge on any atom is 0.276 e. The van der Waals surface area contributed by atoms with E-state index < -0.39 is 0 Å². The van der Waals surface area contributed by atoms with Crippen LogP contribution in [0.15, 0.2) is 46.7 Å². The topological polar surface area (TPSA) is 63.9 Å². The molecule has 1 amide bonds. The summed E-state index contributed by atoms with van der Waals surface area (Å²) in [6.45, 7) is 0.288. The lowest BCUT2D eigenvalue weighted by molar-refractivity contribution is -0.122. The van der Waals surface area contributed by atoms with E-state index in [1.54, 1.807) is 44.8 Å². The van der Waals surface area contributed by atoms with Gasteiger partial charge < -0.3 is 19.2 Å². The molecule has 2 aromatic rings. The van der Waals surface area contributed by atoms with Gasteiger partial charge in [0.15, 0.2) is 5.11 Å². The van der Waals surface area contributed by atoms with Gasteiger partial charge in [0.1, 0.15) is 23.0 Å². The van der Waals surface area contributed by atoms with E-state index in [1.165, 1.54) is 4.90 Å². The molecule has 1 saturated heterocycles. The summed E-state index contributed by atoms with van der Waals surface area (Å²) in [5, 5.41) is 3.28. The molecular formula is C17H16N2O4S. The zero-order valence-corrected chi connectivity index (χ0v) is 14.1. The minimum Gasteiger partial charge on any atom is -0.497 e. The number of carbonyl (C=O) groups is 1. The van der Waals surface area contributed by atoms with Gasteiger partial charge in [0.05, 0.1) is 27.0 Å². The Morgan fingerprint density at radius 3 is 2.54 bits per heavy atom. The second-order valence-electron chi connectivity index (χ2n) is 5.10. The van der Waals surface area contributed by atoms with Crippen molar-refractivity contribution in [3.05, 3.63) is 53.6 Å². The molecule has 1 aliphatic rings. The van der Waals surface area contributed by atoms with Crippen molar-refractivity contribution in [2.75, 3.05) is 14.2 Å². The van der Waals surface area contributed by atoms with Gasteiger partial charge in [-0.2, -0.15) is 0 Å². The number of furan rings is 1. The third-order valence-electron chi connectivity index (χ3n) is 3.54. The van der Waals surface area contributed by atoms with Gasteiger partial charge in [0.25, 0.3) is 5.91 Å².